The van der Waals surface area contributed by atoms with E-state index in [-0.39, 0.29) is 11.8 Å². The summed E-state index contributed by atoms with van der Waals surface area (Å²) < 4.78 is 3.54. The van der Waals surface area contributed by atoms with Gasteiger partial charge in [0.15, 0.2) is 0 Å². The second-order valence-electron chi connectivity index (χ2n) is 6.60. The first-order valence-electron chi connectivity index (χ1n) is 8.60. The van der Waals surface area contributed by atoms with E-state index in [0.29, 0.717) is 23.1 Å². The minimum absolute atomic E-state index is 0.0844. The van der Waals surface area contributed by atoms with E-state index in [0.717, 1.165) is 22.6 Å². The van der Waals surface area contributed by atoms with Crippen molar-refractivity contribution >= 4 is 34.8 Å². The lowest BCUT2D eigenvalue weighted by Crippen LogP contribution is -2.25. The van der Waals surface area contributed by atoms with Crippen molar-refractivity contribution in [1.29, 1.82) is 0 Å². The Kier molecular flexibility index (Phi) is 5.87. The quantitative estimate of drug-likeness (QED) is 0.663. The lowest BCUT2D eigenvalue weighted by Gasteiger charge is -2.13. The van der Waals surface area contributed by atoms with Crippen molar-refractivity contribution in [2.24, 2.45) is 5.92 Å². The zero-order valence-corrected chi connectivity index (χ0v) is 16.9. The molecule has 0 saturated heterocycles. The molecule has 3 rings (SSSR count). The summed E-state index contributed by atoms with van der Waals surface area (Å²) in [6.45, 7) is 6.76. The van der Waals surface area contributed by atoms with Crippen molar-refractivity contribution in [3.63, 3.8) is 0 Å². The number of rotatable bonds is 6. The molecule has 1 N–H and O–H groups in total. The van der Waals surface area contributed by atoms with Crippen molar-refractivity contribution < 1.29 is 4.79 Å². The largest absolute Gasteiger partial charge is 0.323 e. The Hall–Kier alpha value is -2.31. The average molecular weight is 406 g/mol. The molecule has 8 heteroatoms. The van der Waals surface area contributed by atoms with Gasteiger partial charge in [0, 0.05) is 11.2 Å². The highest BCUT2D eigenvalue weighted by molar-refractivity contribution is 6.30. The van der Waals surface area contributed by atoms with E-state index in [1.807, 2.05) is 49.7 Å². The number of halogens is 2. The summed E-state index contributed by atoms with van der Waals surface area (Å²) in [5, 5.41) is 12.9. The predicted octanol–water partition coefficient (Wildman–Crippen LogP) is 4.33. The monoisotopic (exact) mass is 405 g/mol. The first-order chi connectivity index (χ1) is 12.8. The first-order valence-corrected chi connectivity index (χ1v) is 9.36. The topological polar surface area (TPSA) is 64.7 Å². The van der Waals surface area contributed by atoms with Crippen LogP contribution in [0.3, 0.4) is 0 Å². The summed E-state index contributed by atoms with van der Waals surface area (Å²) >= 11 is 11.8. The highest BCUT2D eigenvalue weighted by atomic mass is 35.5. The lowest BCUT2D eigenvalue weighted by molar-refractivity contribution is -0.119. The maximum Gasteiger partial charge on any atom is 0.229 e. The number of anilines is 1. The molecule has 2 aromatic heterocycles. The molecule has 142 valence electrons. The normalized spacial score (nSPS) is 12.2. The fourth-order valence-electron chi connectivity index (χ4n) is 2.84. The molecule has 1 aromatic carbocycles. The highest BCUT2D eigenvalue weighted by Gasteiger charge is 2.19. The van der Waals surface area contributed by atoms with E-state index < -0.39 is 0 Å². The van der Waals surface area contributed by atoms with Crippen LogP contribution in [0.4, 0.5) is 5.69 Å². The second-order valence-corrected chi connectivity index (χ2v) is 7.47. The molecule has 0 bridgehead atoms. The molecule has 1 unspecified atom stereocenters. The molecule has 0 saturated carbocycles. The fraction of sp³-hybridized carbons (Fsp3) is 0.316. The van der Waals surface area contributed by atoms with Crippen LogP contribution < -0.4 is 5.32 Å². The standard InChI is InChI=1S/C19H21Cl2N5O/c1-12(9-25-11-17(21)8-22-25)19(27)23-18-13(2)24-26(14(18)3)10-15-4-6-16(20)7-5-15/h4-8,11-12H,9-10H2,1-3H3,(H,23,27). The van der Waals surface area contributed by atoms with Crippen LogP contribution >= 0.6 is 23.2 Å². The Labute approximate surface area is 168 Å². The van der Waals surface area contributed by atoms with Gasteiger partial charge in [-0.15, -0.1) is 0 Å². The van der Waals surface area contributed by atoms with E-state index in [9.17, 15) is 4.79 Å². The molecule has 2 heterocycles. The van der Waals surface area contributed by atoms with Gasteiger partial charge in [-0.3, -0.25) is 14.2 Å². The Bertz CT molecular complexity index is 946. The fourth-order valence-corrected chi connectivity index (χ4v) is 3.12. The van der Waals surface area contributed by atoms with Crippen LogP contribution in [0.2, 0.25) is 10.0 Å². The van der Waals surface area contributed by atoms with E-state index in [1.54, 1.807) is 17.1 Å². The number of benzene rings is 1. The molecule has 0 fully saturated rings. The number of aromatic nitrogens is 4. The summed E-state index contributed by atoms with van der Waals surface area (Å²) in [5.74, 6) is -0.349. The van der Waals surface area contributed by atoms with E-state index in [2.05, 4.69) is 15.5 Å². The minimum Gasteiger partial charge on any atom is -0.323 e. The molecule has 1 amide bonds. The molecule has 0 aliphatic carbocycles. The van der Waals surface area contributed by atoms with Gasteiger partial charge in [-0.1, -0.05) is 42.3 Å². The Balaban J connectivity index is 1.70. The van der Waals surface area contributed by atoms with E-state index >= 15 is 0 Å². The third kappa shape index (κ3) is 4.70. The van der Waals surface area contributed by atoms with Crippen molar-refractivity contribution in [2.75, 3.05) is 5.32 Å². The predicted molar refractivity (Wildman–Crippen MR) is 107 cm³/mol. The summed E-state index contributed by atoms with van der Waals surface area (Å²) in [7, 11) is 0. The third-order valence-electron chi connectivity index (χ3n) is 4.39. The summed E-state index contributed by atoms with van der Waals surface area (Å²) in [6, 6.07) is 7.64. The van der Waals surface area contributed by atoms with Crippen molar-refractivity contribution in [2.45, 2.75) is 33.9 Å². The molecule has 0 aliphatic heterocycles. The van der Waals surface area contributed by atoms with Crippen LogP contribution in [0.1, 0.15) is 23.9 Å². The molecule has 0 aliphatic rings. The number of aryl methyl sites for hydroxylation is 1. The van der Waals surface area contributed by atoms with Gasteiger partial charge in [0.2, 0.25) is 5.91 Å². The van der Waals surface area contributed by atoms with Crippen molar-refractivity contribution in [3.05, 3.63) is 63.7 Å². The van der Waals surface area contributed by atoms with E-state index in [4.69, 9.17) is 23.2 Å². The third-order valence-corrected chi connectivity index (χ3v) is 4.83. The number of hydrogen-bond donors (Lipinski definition) is 1. The average Bonchev–Trinajstić information content (AvgIpc) is 3.14. The van der Waals surface area contributed by atoms with Crippen molar-refractivity contribution in [3.8, 4) is 0 Å². The summed E-state index contributed by atoms with van der Waals surface area (Å²) in [6.07, 6.45) is 3.26. The van der Waals surface area contributed by atoms with Gasteiger partial charge in [0.25, 0.3) is 0 Å². The van der Waals surface area contributed by atoms with Crippen LogP contribution in [0.25, 0.3) is 0 Å². The highest BCUT2D eigenvalue weighted by Crippen LogP contribution is 2.22. The number of carbonyl (C=O) groups excluding carboxylic acids is 1. The van der Waals surface area contributed by atoms with Gasteiger partial charge in [-0.05, 0) is 31.5 Å². The first kappa shape index (κ1) is 19.5. The maximum absolute atomic E-state index is 12.6. The lowest BCUT2D eigenvalue weighted by atomic mass is 10.1. The molecular formula is C19H21Cl2N5O. The molecule has 27 heavy (non-hydrogen) atoms. The van der Waals surface area contributed by atoms with Gasteiger partial charge in [-0.2, -0.15) is 10.2 Å². The Morgan fingerprint density at radius 1 is 1.19 bits per heavy atom. The van der Waals surface area contributed by atoms with Crippen LogP contribution in [-0.2, 0) is 17.9 Å². The van der Waals surface area contributed by atoms with Crippen LogP contribution in [0.5, 0.6) is 0 Å². The van der Waals surface area contributed by atoms with Gasteiger partial charge in [0.05, 0.1) is 47.3 Å². The number of amides is 1. The molecule has 6 nitrogen and oxygen atoms in total. The second kappa shape index (κ2) is 8.15. The zero-order chi connectivity index (χ0) is 19.6. The van der Waals surface area contributed by atoms with Crippen LogP contribution in [0, 0.1) is 19.8 Å². The molecule has 0 radical (unpaired) electrons. The molecule has 1 atom stereocenters. The smallest absolute Gasteiger partial charge is 0.229 e. The number of nitrogens with zero attached hydrogens (tertiary/aromatic N) is 4. The number of nitrogens with one attached hydrogen (secondary N) is 1. The van der Waals surface area contributed by atoms with Gasteiger partial charge >= 0.3 is 0 Å². The number of hydrogen-bond acceptors (Lipinski definition) is 3. The minimum atomic E-state index is -0.264. The molecule has 3 aromatic rings. The summed E-state index contributed by atoms with van der Waals surface area (Å²) in [4.78, 5) is 12.6. The Morgan fingerprint density at radius 3 is 2.52 bits per heavy atom. The van der Waals surface area contributed by atoms with Crippen LogP contribution in [0.15, 0.2) is 36.7 Å². The van der Waals surface area contributed by atoms with Gasteiger partial charge < -0.3 is 5.32 Å². The van der Waals surface area contributed by atoms with Gasteiger partial charge in [0.1, 0.15) is 0 Å². The van der Waals surface area contributed by atoms with Crippen LogP contribution in [-0.4, -0.2) is 25.5 Å². The van der Waals surface area contributed by atoms with E-state index in [1.165, 1.54) is 0 Å². The van der Waals surface area contributed by atoms with Crippen molar-refractivity contribution in [1.82, 2.24) is 19.6 Å². The molecular weight excluding hydrogens is 385 g/mol. The van der Waals surface area contributed by atoms with Gasteiger partial charge in [-0.25, -0.2) is 0 Å². The zero-order valence-electron chi connectivity index (χ0n) is 15.4. The SMILES string of the molecule is Cc1nn(Cc2ccc(Cl)cc2)c(C)c1NC(=O)C(C)Cn1cc(Cl)cn1. The summed E-state index contributed by atoms with van der Waals surface area (Å²) in [5.41, 5.74) is 3.53. The number of carbonyl (C=O) groups is 1. The Morgan fingerprint density at radius 2 is 1.89 bits per heavy atom. The maximum atomic E-state index is 12.6. The molecule has 0 spiro atoms.